The normalized spacial score (nSPS) is 28.3. The summed E-state index contributed by atoms with van der Waals surface area (Å²) in [6.45, 7) is -0.0545. The summed E-state index contributed by atoms with van der Waals surface area (Å²) in [4.78, 5) is 24.4. The highest BCUT2D eigenvalue weighted by Gasteiger charge is 2.39. The van der Waals surface area contributed by atoms with Gasteiger partial charge in [-0.05, 0) is 55.7 Å². The Labute approximate surface area is 157 Å². The first-order valence-electron chi connectivity index (χ1n) is 8.72. The van der Waals surface area contributed by atoms with Crippen LogP contribution in [0.2, 0.25) is 10.0 Å². The number of benzene rings is 1. The van der Waals surface area contributed by atoms with Crippen molar-refractivity contribution in [3.8, 4) is 0 Å². The van der Waals surface area contributed by atoms with Gasteiger partial charge in [0, 0.05) is 17.6 Å². The molecule has 5 nitrogen and oxygen atoms in total. The molecule has 25 heavy (non-hydrogen) atoms. The molecule has 1 aromatic carbocycles. The van der Waals surface area contributed by atoms with Gasteiger partial charge >= 0.3 is 0 Å². The Kier molecular flexibility index (Phi) is 5.87. The van der Waals surface area contributed by atoms with E-state index in [0.29, 0.717) is 27.4 Å². The van der Waals surface area contributed by atoms with Crippen LogP contribution >= 0.6 is 23.2 Å². The van der Waals surface area contributed by atoms with Crippen molar-refractivity contribution >= 4 is 35.0 Å². The van der Waals surface area contributed by atoms with E-state index in [1.165, 1.54) is 12.5 Å². The van der Waals surface area contributed by atoms with Crippen LogP contribution in [0.5, 0.6) is 0 Å². The van der Waals surface area contributed by atoms with Crippen molar-refractivity contribution in [2.24, 2.45) is 17.6 Å². The first kappa shape index (κ1) is 18.5. The molecule has 2 bridgehead atoms. The predicted octanol–water partition coefficient (Wildman–Crippen LogP) is 2.75. The molecule has 2 atom stereocenters. The van der Waals surface area contributed by atoms with E-state index in [4.69, 9.17) is 28.9 Å². The zero-order valence-electron chi connectivity index (χ0n) is 13.9. The van der Waals surface area contributed by atoms with Crippen molar-refractivity contribution in [1.82, 2.24) is 10.6 Å². The number of amides is 2. The monoisotopic (exact) mass is 383 g/mol. The molecule has 2 fully saturated rings. The molecule has 4 N–H and O–H groups in total. The zero-order chi connectivity index (χ0) is 18.0. The number of nitrogens with two attached hydrogens (primary N) is 1. The molecule has 2 aliphatic carbocycles. The number of halogens is 2. The average molecular weight is 384 g/mol. The number of fused-ring (bicyclic) bond motifs is 2. The molecular formula is C18H23Cl2N3O2. The third-order valence-corrected chi connectivity index (χ3v) is 6.03. The van der Waals surface area contributed by atoms with E-state index in [0.717, 1.165) is 25.7 Å². The Morgan fingerprint density at radius 1 is 1.12 bits per heavy atom. The van der Waals surface area contributed by atoms with Gasteiger partial charge in [0.15, 0.2) is 0 Å². The van der Waals surface area contributed by atoms with Crippen molar-refractivity contribution in [2.75, 3.05) is 6.54 Å². The second-order valence-electron chi connectivity index (χ2n) is 7.09. The Hall–Kier alpha value is -1.30. The van der Waals surface area contributed by atoms with Crippen LogP contribution in [0, 0.1) is 11.8 Å². The molecular weight excluding hydrogens is 361 g/mol. The zero-order valence-corrected chi connectivity index (χ0v) is 15.4. The van der Waals surface area contributed by atoms with E-state index < -0.39 is 0 Å². The molecule has 0 heterocycles. The molecule has 2 saturated carbocycles. The van der Waals surface area contributed by atoms with E-state index in [-0.39, 0.29) is 30.4 Å². The highest BCUT2D eigenvalue weighted by atomic mass is 35.5. The molecule has 0 aliphatic heterocycles. The SMILES string of the molecule is NC1CC2CCCC(C1)C2NC(=O)CNC(=O)c1ccc(Cl)c(Cl)c1. The van der Waals surface area contributed by atoms with Crippen LogP contribution in [0.15, 0.2) is 18.2 Å². The summed E-state index contributed by atoms with van der Waals surface area (Å²) < 4.78 is 0. The van der Waals surface area contributed by atoms with Gasteiger partial charge in [0.25, 0.3) is 5.91 Å². The van der Waals surface area contributed by atoms with E-state index in [9.17, 15) is 9.59 Å². The summed E-state index contributed by atoms with van der Waals surface area (Å²) in [6.07, 6.45) is 5.38. The standard InChI is InChI=1S/C18H23Cl2N3O2/c19-14-5-4-12(8-15(14)20)18(25)22-9-16(24)23-17-10-2-1-3-11(17)7-13(21)6-10/h4-5,8,10-11,13,17H,1-3,6-7,9,21H2,(H,22,25)(H,23,24). The lowest BCUT2D eigenvalue weighted by Gasteiger charge is -2.45. The van der Waals surface area contributed by atoms with Crippen LogP contribution in [-0.4, -0.2) is 30.4 Å². The molecule has 0 radical (unpaired) electrons. The number of hydrogen-bond donors (Lipinski definition) is 3. The maximum atomic E-state index is 12.3. The second kappa shape index (κ2) is 7.94. The lowest BCUT2D eigenvalue weighted by atomic mass is 9.67. The van der Waals surface area contributed by atoms with E-state index in [1.54, 1.807) is 12.1 Å². The predicted molar refractivity (Wildman–Crippen MR) is 98.8 cm³/mol. The molecule has 0 saturated heterocycles. The molecule has 0 spiro atoms. The summed E-state index contributed by atoms with van der Waals surface area (Å²) in [7, 11) is 0. The third kappa shape index (κ3) is 4.46. The first-order valence-corrected chi connectivity index (χ1v) is 9.48. The summed E-state index contributed by atoms with van der Waals surface area (Å²) in [5.74, 6) is 0.403. The molecule has 2 aliphatic rings. The fourth-order valence-electron chi connectivity index (χ4n) is 4.16. The molecule has 2 unspecified atom stereocenters. The number of nitrogens with one attached hydrogen (secondary N) is 2. The first-order chi connectivity index (χ1) is 11.9. The second-order valence-corrected chi connectivity index (χ2v) is 7.90. The molecule has 0 aromatic heterocycles. The van der Waals surface area contributed by atoms with Crippen molar-refractivity contribution in [1.29, 1.82) is 0 Å². The largest absolute Gasteiger partial charge is 0.351 e. The topological polar surface area (TPSA) is 84.2 Å². The number of rotatable bonds is 4. The van der Waals surface area contributed by atoms with Crippen molar-refractivity contribution < 1.29 is 9.59 Å². The van der Waals surface area contributed by atoms with Crippen LogP contribution < -0.4 is 16.4 Å². The third-order valence-electron chi connectivity index (χ3n) is 5.30. The highest BCUT2D eigenvalue weighted by Crippen LogP contribution is 2.39. The number of carbonyl (C=O) groups excluding carboxylic acids is 2. The summed E-state index contributed by atoms with van der Waals surface area (Å²) in [5.41, 5.74) is 6.49. The van der Waals surface area contributed by atoms with Crippen LogP contribution in [0.1, 0.15) is 42.5 Å². The van der Waals surface area contributed by atoms with Crippen molar-refractivity contribution in [2.45, 2.75) is 44.2 Å². The highest BCUT2D eigenvalue weighted by molar-refractivity contribution is 6.42. The van der Waals surface area contributed by atoms with E-state index >= 15 is 0 Å². The van der Waals surface area contributed by atoms with Gasteiger partial charge < -0.3 is 16.4 Å². The molecule has 1 aromatic rings. The van der Waals surface area contributed by atoms with Crippen molar-refractivity contribution in [3.63, 3.8) is 0 Å². The van der Waals surface area contributed by atoms with Gasteiger partial charge in [-0.25, -0.2) is 0 Å². The van der Waals surface area contributed by atoms with Gasteiger partial charge in [-0.1, -0.05) is 29.6 Å². The minimum absolute atomic E-state index is 0.0545. The molecule has 7 heteroatoms. The summed E-state index contributed by atoms with van der Waals surface area (Å²) in [5, 5.41) is 6.44. The van der Waals surface area contributed by atoms with Crippen LogP contribution in [0.25, 0.3) is 0 Å². The maximum Gasteiger partial charge on any atom is 0.251 e. The fourth-order valence-corrected chi connectivity index (χ4v) is 4.46. The minimum Gasteiger partial charge on any atom is -0.351 e. The van der Waals surface area contributed by atoms with Crippen LogP contribution in [-0.2, 0) is 4.79 Å². The van der Waals surface area contributed by atoms with Gasteiger partial charge in [0.2, 0.25) is 5.91 Å². The molecule has 3 rings (SSSR count). The summed E-state index contributed by atoms with van der Waals surface area (Å²) in [6, 6.07) is 5.06. The number of hydrogen-bond acceptors (Lipinski definition) is 3. The van der Waals surface area contributed by atoms with Crippen LogP contribution in [0.4, 0.5) is 0 Å². The summed E-state index contributed by atoms with van der Waals surface area (Å²) >= 11 is 11.8. The van der Waals surface area contributed by atoms with Gasteiger partial charge in [-0.2, -0.15) is 0 Å². The van der Waals surface area contributed by atoms with Crippen molar-refractivity contribution in [3.05, 3.63) is 33.8 Å². The Balaban J connectivity index is 1.52. The number of carbonyl (C=O) groups is 2. The Bertz CT molecular complexity index is 654. The Morgan fingerprint density at radius 2 is 1.80 bits per heavy atom. The fraction of sp³-hybridized carbons (Fsp3) is 0.556. The smallest absolute Gasteiger partial charge is 0.251 e. The van der Waals surface area contributed by atoms with Gasteiger partial charge in [-0.3, -0.25) is 9.59 Å². The maximum absolute atomic E-state index is 12.3. The van der Waals surface area contributed by atoms with Gasteiger partial charge in [0.1, 0.15) is 0 Å². The average Bonchev–Trinajstić information content (AvgIpc) is 2.56. The molecule has 136 valence electrons. The minimum atomic E-state index is -0.348. The van der Waals surface area contributed by atoms with E-state index in [1.807, 2.05) is 0 Å². The molecule has 2 amide bonds. The Morgan fingerprint density at radius 3 is 2.44 bits per heavy atom. The van der Waals surface area contributed by atoms with Crippen LogP contribution in [0.3, 0.4) is 0 Å². The van der Waals surface area contributed by atoms with Gasteiger partial charge in [-0.15, -0.1) is 0 Å². The lowest BCUT2D eigenvalue weighted by molar-refractivity contribution is -0.122. The van der Waals surface area contributed by atoms with Gasteiger partial charge in [0.05, 0.1) is 16.6 Å². The lowest BCUT2D eigenvalue weighted by Crippen LogP contribution is -2.55. The van der Waals surface area contributed by atoms with E-state index in [2.05, 4.69) is 10.6 Å². The quantitative estimate of drug-likeness (QED) is 0.746.